The zero-order chi connectivity index (χ0) is 10.8. The summed E-state index contributed by atoms with van der Waals surface area (Å²) in [4.78, 5) is 0. The van der Waals surface area contributed by atoms with Gasteiger partial charge in [-0.05, 0) is 40.9 Å². The highest BCUT2D eigenvalue weighted by Gasteiger charge is 2.15. The van der Waals surface area contributed by atoms with E-state index in [-0.39, 0.29) is 6.04 Å². The van der Waals surface area contributed by atoms with Crippen LogP contribution in [0.4, 0.5) is 0 Å². The van der Waals surface area contributed by atoms with Gasteiger partial charge in [-0.25, -0.2) is 0 Å². The highest BCUT2D eigenvalue weighted by molar-refractivity contribution is 7.08. The maximum atomic E-state index is 6.14. The number of rotatable bonds is 3. The Labute approximate surface area is 93.7 Å². The Balaban J connectivity index is 2.28. The van der Waals surface area contributed by atoms with Crippen molar-refractivity contribution >= 4 is 11.3 Å². The van der Waals surface area contributed by atoms with Crippen LogP contribution in [0.25, 0.3) is 0 Å². The van der Waals surface area contributed by atoms with E-state index in [2.05, 4.69) is 24.6 Å². The molecule has 1 atom stereocenters. The molecule has 0 saturated carbocycles. The summed E-state index contributed by atoms with van der Waals surface area (Å²) in [5.41, 5.74) is 8.54. The first-order chi connectivity index (χ1) is 7.22. The molecule has 3 heteroatoms. The first-order valence-electron chi connectivity index (χ1n) is 5.09. The fourth-order valence-corrected chi connectivity index (χ4v) is 2.48. The molecule has 0 aromatic carbocycles. The number of thiophene rings is 1. The fourth-order valence-electron chi connectivity index (χ4n) is 1.59. The second kappa shape index (κ2) is 4.21. The van der Waals surface area contributed by atoms with E-state index in [0.29, 0.717) is 0 Å². The molecule has 2 aromatic heterocycles. The van der Waals surface area contributed by atoms with Gasteiger partial charge < -0.3 is 10.2 Å². The summed E-state index contributed by atoms with van der Waals surface area (Å²) >= 11 is 1.68. The molecule has 0 aliphatic heterocycles. The average molecular weight is 221 g/mol. The van der Waals surface area contributed by atoms with E-state index in [0.717, 1.165) is 23.5 Å². The Morgan fingerprint density at radius 2 is 2.20 bits per heavy atom. The molecule has 2 rings (SSSR count). The van der Waals surface area contributed by atoms with E-state index in [1.165, 1.54) is 5.56 Å². The van der Waals surface area contributed by atoms with Crippen molar-refractivity contribution in [1.82, 2.24) is 0 Å². The number of hydrogen-bond donors (Lipinski definition) is 1. The van der Waals surface area contributed by atoms with Crippen LogP contribution in [-0.4, -0.2) is 0 Å². The van der Waals surface area contributed by atoms with Gasteiger partial charge in [-0.3, -0.25) is 0 Å². The van der Waals surface area contributed by atoms with Crippen LogP contribution in [0.2, 0.25) is 0 Å². The van der Waals surface area contributed by atoms with Crippen LogP contribution in [0.3, 0.4) is 0 Å². The molecule has 1 unspecified atom stereocenters. The van der Waals surface area contributed by atoms with E-state index >= 15 is 0 Å². The quantitative estimate of drug-likeness (QED) is 0.864. The highest BCUT2D eigenvalue weighted by Crippen LogP contribution is 2.26. The van der Waals surface area contributed by atoms with Crippen molar-refractivity contribution in [3.8, 4) is 0 Å². The molecule has 0 amide bonds. The summed E-state index contributed by atoms with van der Waals surface area (Å²) in [5.74, 6) is 1.85. The van der Waals surface area contributed by atoms with Gasteiger partial charge in [0.15, 0.2) is 0 Å². The van der Waals surface area contributed by atoms with Crippen molar-refractivity contribution in [3.63, 3.8) is 0 Å². The van der Waals surface area contributed by atoms with Crippen molar-refractivity contribution in [2.45, 2.75) is 26.3 Å². The third kappa shape index (κ3) is 1.98. The minimum absolute atomic E-state index is 0.128. The third-order valence-electron chi connectivity index (χ3n) is 2.57. The molecule has 0 fully saturated rings. The van der Waals surface area contributed by atoms with Crippen LogP contribution in [0.15, 0.2) is 27.3 Å². The molecule has 0 saturated heterocycles. The van der Waals surface area contributed by atoms with Crippen molar-refractivity contribution in [2.24, 2.45) is 5.73 Å². The maximum absolute atomic E-state index is 6.14. The molecule has 2 aromatic rings. The molecule has 2 N–H and O–H groups in total. The Hall–Kier alpha value is -1.06. The summed E-state index contributed by atoms with van der Waals surface area (Å²) < 4.78 is 5.65. The highest BCUT2D eigenvalue weighted by atomic mass is 32.1. The predicted molar refractivity (Wildman–Crippen MR) is 63.2 cm³/mol. The molecule has 0 aliphatic carbocycles. The first kappa shape index (κ1) is 10.5. The molecule has 2 nitrogen and oxygen atoms in total. The van der Waals surface area contributed by atoms with Gasteiger partial charge in [0, 0.05) is 6.42 Å². The van der Waals surface area contributed by atoms with Crippen LogP contribution >= 0.6 is 11.3 Å². The summed E-state index contributed by atoms with van der Waals surface area (Å²) in [6.45, 7) is 4.15. The van der Waals surface area contributed by atoms with Crippen molar-refractivity contribution in [2.75, 3.05) is 0 Å². The van der Waals surface area contributed by atoms with Crippen LogP contribution in [0.5, 0.6) is 0 Å². The predicted octanol–water partition coefficient (Wildman–Crippen LogP) is 3.26. The maximum Gasteiger partial charge on any atom is 0.125 e. The Kier molecular flexibility index (Phi) is 2.93. The van der Waals surface area contributed by atoms with E-state index in [9.17, 15) is 0 Å². The molecule has 2 heterocycles. The minimum Gasteiger partial charge on any atom is -0.464 e. The normalized spacial score (nSPS) is 13.0. The lowest BCUT2D eigenvalue weighted by atomic mass is 10.1. The third-order valence-corrected chi connectivity index (χ3v) is 3.45. The summed E-state index contributed by atoms with van der Waals surface area (Å²) in [6.07, 6.45) is 0.912. The van der Waals surface area contributed by atoms with Crippen molar-refractivity contribution < 1.29 is 4.42 Å². The Morgan fingerprint density at radius 3 is 2.73 bits per heavy atom. The second-order valence-corrected chi connectivity index (χ2v) is 4.39. The molecule has 80 valence electrons. The largest absolute Gasteiger partial charge is 0.464 e. The van der Waals surface area contributed by atoms with Crippen molar-refractivity contribution in [1.29, 1.82) is 0 Å². The molecular formula is C12H15NOS. The smallest absolute Gasteiger partial charge is 0.125 e. The molecule has 0 bridgehead atoms. The van der Waals surface area contributed by atoms with Gasteiger partial charge in [0.05, 0.1) is 6.04 Å². The van der Waals surface area contributed by atoms with Gasteiger partial charge >= 0.3 is 0 Å². The lowest BCUT2D eigenvalue weighted by Gasteiger charge is -2.08. The first-order valence-corrected chi connectivity index (χ1v) is 6.03. The molecule has 0 aliphatic rings. The topological polar surface area (TPSA) is 39.2 Å². The van der Waals surface area contributed by atoms with Crippen LogP contribution in [0.1, 0.15) is 35.6 Å². The molecule has 0 radical (unpaired) electrons. The van der Waals surface area contributed by atoms with Gasteiger partial charge in [-0.15, -0.1) is 0 Å². The summed E-state index contributed by atoms with van der Waals surface area (Å²) in [7, 11) is 0. The number of nitrogens with two attached hydrogens (primary N) is 1. The SMILES string of the molecule is CCc1ccc(C(N)c2cscc2C)o1. The van der Waals surface area contributed by atoms with E-state index in [4.69, 9.17) is 10.2 Å². The number of furan rings is 1. The lowest BCUT2D eigenvalue weighted by molar-refractivity contribution is 0.454. The summed E-state index contributed by atoms with van der Waals surface area (Å²) in [6, 6.07) is 3.84. The van der Waals surface area contributed by atoms with E-state index in [1.807, 2.05) is 12.1 Å². The second-order valence-electron chi connectivity index (χ2n) is 3.65. The fraction of sp³-hybridized carbons (Fsp3) is 0.333. The standard InChI is InChI=1S/C12H15NOS/c1-3-9-4-5-11(14-9)12(13)10-7-15-6-8(10)2/h4-7,12H,3,13H2,1-2H3. The van der Waals surface area contributed by atoms with Gasteiger partial charge in [0.2, 0.25) is 0 Å². The average Bonchev–Trinajstić information content (AvgIpc) is 2.84. The van der Waals surface area contributed by atoms with Gasteiger partial charge in [-0.1, -0.05) is 6.92 Å². The lowest BCUT2D eigenvalue weighted by Crippen LogP contribution is -2.10. The number of aryl methyl sites for hydroxylation is 2. The zero-order valence-electron chi connectivity index (χ0n) is 8.99. The van der Waals surface area contributed by atoms with E-state index in [1.54, 1.807) is 11.3 Å². The Bertz CT molecular complexity index is 444. The monoisotopic (exact) mass is 221 g/mol. The van der Waals surface area contributed by atoms with Gasteiger partial charge in [0.1, 0.15) is 11.5 Å². The van der Waals surface area contributed by atoms with Crippen LogP contribution < -0.4 is 5.73 Å². The van der Waals surface area contributed by atoms with E-state index < -0.39 is 0 Å². The molecule has 15 heavy (non-hydrogen) atoms. The van der Waals surface area contributed by atoms with Gasteiger partial charge in [0.25, 0.3) is 0 Å². The Morgan fingerprint density at radius 1 is 1.40 bits per heavy atom. The van der Waals surface area contributed by atoms with Crippen LogP contribution in [0, 0.1) is 6.92 Å². The zero-order valence-corrected chi connectivity index (χ0v) is 9.80. The molecular weight excluding hydrogens is 206 g/mol. The minimum atomic E-state index is -0.128. The van der Waals surface area contributed by atoms with Gasteiger partial charge in [-0.2, -0.15) is 11.3 Å². The molecule has 0 spiro atoms. The summed E-state index contributed by atoms with van der Waals surface area (Å²) in [5, 5.41) is 4.20. The number of hydrogen-bond acceptors (Lipinski definition) is 3. The van der Waals surface area contributed by atoms with Crippen LogP contribution in [-0.2, 0) is 6.42 Å². The van der Waals surface area contributed by atoms with Crippen molar-refractivity contribution in [3.05, 3.63) is 45.5 Å².